The van der Waals surface area contributed by atoms with E-state index in [9.17, 15) is 18.0 Å². The number of ether oxygens (including phenoxy) is 1. The molecule has 2 aromatic heterocycles. The molecule has 0 bridgehead atoms. The number of methoxy groups -OCH3 is 1. The Labute approximate surface area is 209 Å². The molecule has 3 aromatic carbocycles. The Morgan fingerprint density at radius 1 is 0.973 bits per heavy atom. The first-order chi connectivity index (χ1) is 17.8. The van der Waals surface area contributed by atoms with Gasteiger partial charge in [0.05, 0.1) is 23.7 Å². The summed E-state index contributed by atoms with van der Waals surface area (Å²) in [6, 6.07) is 19.1. The van der Waals surface area contributed by atoms with E-state index >= 15 is 0 Å². The van der Waals surface area contributed by atoms with Crippen molar-refractivity contribution in [2.75, 3.05) is 19.4 Å². The number of para-hydroxylation sites is 2. The average Bonchev–Trinajstić information content (AvgIpc) is 3.17. The number of nitrogens with zero attached hydrogens (tertiary/aromatic N) is 3. The molecule has 7 nitrogen and oxygen atoms in total. The van der Waals surface area contributed by atoms with E-state index in [1.165, 1.54) is 16.7 Å². The highest BCUT2D eigenvalue weighted by molar-refractivity contribution is 6.11. The topological polar surface area (TPSA) is 95.1 Å². The summed E-state index contributed by atoms with van der Waals surface area (Å²) in [6.07, 6.45) is -3.91. The Kier molecular flexibility index (Phi) is 6.16. The van der Waals surface area contributed by atoms with Crippen LogP contribution in [-0.4, -0.2) is 34.1 Å². The van der Waals surface area contributed by atoms with Gasteiger partial charge in [0.25, 0.3) is 5.91 Å². The number of hydrogen-bond donors (Lipinski definition) is 2. The molecular weight excluding hydrogens is 483 g/mol. The van der Waals surface area contributed by atoms with Gasteiger partial charge >= 0.3 is 6.18 Å². The van der Waals surface area contributed by atoms with Crippen LogP contribution in [0.1, 0.15) is 21.5 Å². The Morgan fingerprint density at radius 2 is 1.62 bits per heavy atom. The number of nitrogen functional groups attached to an aromatic ring is 1. The van der Waals surface area contributed by atoms with Gasteiger partial charge < -0.3 is 15.8 Å². The lowest BCUT2D eigenvalue weighted by Crippen LogP contribution is -2.26. The Balaban J connectivity index is 1.53. The summed E-state index contributed by atoms with van der Waals surface area (Å²) < 4.78 is 45.9. The quantitative estimate of drug-likeness (QED) is 0.333. The first-order valence-corrected chi connectivity index (χ1v) is 11.4. The van der Waals surface area contributed by atoms with E-state index in [0.717, 1.165) is 23.4 Å². The Bertz CT molecular complexity index is 1590. The Hall–Kier alpha value is -4.60. The molecule has 0 radical (unpaired) electrons. The van der Waals surface area contributed by atoms with E-state index in [-0.39, 0.29) is 22.5 Å². The van der Waals surface area contributed by atoms with Crippen molar-refractivity contribution in [2.24, 2.45) is 0 Å². The van der Waals surface area contributed by atoms with E-state index in [0.29, 0.717) is 29.7 Å². The van der Waals surface area contributed by atoms with Crippen molar-refractivity contribution in [1.82, 2.24) is 19.9 Å². The number of carbonyl (C=O) groups is 1. The fourth-order valence-corrected chi connectivity index (χ4v) is 4.15. The largest absolute Gasteiger partial charge is 0.497 e. The van der Waals surface area contributed by atoms with Crippen LogP contribution in [-0.2, 0) is 12.6 Å². The third-order valence-corrected chi connectivity index (χ3v) is 6.04. The number of fused-ring (bicyclic) bond motifs is 2. The van der Waals surface area contributed by atoms with Gasteiger partial charge in [0.2, 0.25) is 0 Å². The standard InChI is InChI=1S/C27H22F3N5O2/c1-37-19-12-6-16(7-13-19)14-15-32-26(36)22-23-25(34-21-5-3-2-4-20(21)33-23)35(24(22)31)18-10-8-17(9-11-18)27(28,29)30/h2-13H,14-15,31H2,1H3,(H,32,36). The maximum absolute atomic E-state index is 13.3. The lowest BCUT2D eigenvalue weighted by atomic mass is 10.1. The van der Waals surface area contributed by atoms with Crippen LogP contribution in [0.2, 0.25) is 0 Å². The number of hydrogen-bond acceptors (Lipinski definition) is 5. The zero-order valence-electron chi connectivity index (χ0n) is 19.7. The van der Waals surface area contributed by atoms with Crippen molar-refractivity contribution in [3.8, 4) is 11.4 Å². The van der Waals surface area contributed by atoms with Gasteiger partial charge in [-0.25, -0.2) is 9.97 Å². The second-order valence-corrected chi connectivity index (χ2v) is 8.38. The predicted molar refractivity (Wildman–Crippen MR) is 135 cm³/mol. The lowest BCUT2D eigenvalue weighted by Gasteiger charge is -2.11. The molecule has 5 rings (SSSR count). The molecule has 37 heavy (non-hydrogen) atoms. The normalized spacial score (nSPS) is 11.7. The number of anilines is 1. The third-order valence-electron chi connectivity index (χ3n) is 6.04. The van der Waals surface area contributed by atoms with Crippen molar-refractivity contribution >= 4 is 33.9 Å². The highest BCUT2D eigenvalue weighted by atomic mass is 19.4. The van der Waals surface area contributed by atoms with Gasteiger partial charge in [-0.3, -0.25) is 9.36 Å². The molecule has 3 N–H and O–H groups in total. The summed E-state index contributed by atoms with van der Waals surface area (Å²) in [5.41, 5.74) is 8.76. The molecule has 5 aromatic rings. The van der Waals surface area contributed by atoms with E-state index in [4.69, 9.17) is 10.5 Å². The number of aromatic nitrogens is 3. The zero-order chi connectivity index (χ0) is 26.2. The van der Waals surface area contributed by atoms with Crippen molar-refractivity contribution in [1.29, 1.82) is 0 Å². The minimum Gasteiger partial charge on any atom is -0.497 e. The number of alkyl halides is 3. The van der Waals surface area contributed by atoms with Gasteiger partial charge in [0.15, 0.2) is 5.65 Å². The zero-order valence-corrected chi connectivity index (χ0v) is 19.7. The summed E-state index contributed by atoms with van der Waals surface area (Å²) in [4.78, 5) is 22.6. The Morgan fingerprint density at radius 3 is 2.24 bits per heavy atom. The first kappa shape index (κ1) is 24.1. The molecule has 0 fully saturated rings. The van der Waals surface area contributed by atoms with Gasteiger partial charge in [0, 0.05) is 12.2 Å². The first-order valence-electron chi connectivity index (χ1n) is 11.4. The number of nitrogens with two attached hydrogens (primary N) is 1. The summed E-state index contributed by atoms with van der Waals surface area (Å²) in [6.45, 7) is 0.332. The van der Waals surface area contributed by atoms with E-state index in [1.54, 1.807) is 31.4 Å². The maximum Gasteiger partial charge on any atom is 0.416 e. The van der Waals surface area contributed by atoms with Crippen LogP contribution in [0.15, 0.2) is 72.8 Å². The van der Waals surface area contributed by atoms with Crippen LogP contribution in [0.25, 0.3) is 27.9 Å². The van der Waals surface area contributed by atoms with Crippen molar-refractivity contribution in [3.63, 3.8) is 0 Å². The molecule has 0 saturated heterocycles. The molecule has 0 aliphatic rings. The molecule has 0 aliphatic heterocycles. The maximum atomic E-state index is 13.3. The van der Waals surface area contributed by atoms with Gasteiger partial charge in [-0.05, 0) is 60.5 Å². The van der Waals surface area contributed by atoms with E-state index in [2.05, 4.69) is 15.3 Å². The van der Waals surface area contributed by atoms with Crippen LogP contribution >= 0.6 is 0 Å². The van der Waals surface area contributed by atoms with Gasteiger partial charge in [0.1, 0.15) is 22.6 Å². The molecule has 0 spiro atoms. The molecule has 10 heteroatoms. The fourth-order valence-electron chi connectivity index (χ4n) is 4.15. The summed E-state index contributed by atoms with van der Waals surface area (Å²) in [5, 5.41) is 2.87. The van der Waals surface area contributed by atoms with Gasteiger partial charge in [-0.1, -0.05) is 24.3 Å². The van der Waals surface area contributed by atoms with Crippen LogP contribution in [0.3, 0.4) is 0 Å². The second-order valence-electron chi connectivity index (χ2n) is 8.38. The fraction of sp³-hybridized carbons (Fsp3) is 0.148. The molecular formula is C27H22F3N5O2. The second kappa shape index (κ2) is 9.45. The molecule has 0 unspecified atom stereocenters. The van der Waals surface area contributed by atoms with E-state index in [1.807, 2.05) is 24.3 Å². The van der Waals surface area contributed by atoms with Crippen molar-refractivity contribution < 1.29 is 22.7 Å². The van der Waals surface area contributed by atoms with Crippen LogP contribution in [0.5, 0.6) is 5.75 Å². The number of carbonyl (C=O) groups excluding carboxylic acids is 1. The van der Waals surface area contributed by atoms with Crippen LogP contribution < -0.4 is 15.8 Å². The molecule has 0 atom stereocenters. The van der Waals surface area contributed by atoms with E-state index < -0.39 is 17.6 Å². The third kappa shape index (κ3) is 4.65. The highest BCUT2D eigenvalue weighted by Crippen LogP contribution is 2.33. The van der Waals surface area contributed by atoms with Crippen LogP contribution in [0.4, 0.5) is 19.0 Å². The lowest BCUT2D eigenvalue weighted by molar-refractivity contribution is -0.137. The number of nitrogens with one attached hydrogen (secondary N) is 1. The smallest absolute Gasteiger partial charge is 0.416 e. The molecule has 188 valence electrons. The van der Waals surface area contributed by atoms with Gasteiger partial charge in [-0.2, -0.15) is 13.2 Å². The number of amides is 1. The minimum atomic E-state index is -4.48. The predicted octanol–water partition coefficient (Wildman–Crippen LogP) is 5.16. The van der Waals surface area contributed by atoms with Crippen molar-refractivity contribution in [3.05, 3.63) is 89.5 Å². The SMILES string of the molecule is COc1ccc(CCNC(=O)c2c(N)n(-c3ccc(C(F)(F)F)cc3)c3nc4ccccc4nc23)cc1. The molecule has 0 saturated carbocycles. The minimum absolute atomic E-state index is 0.0343. The summed E-state index contributed by atoms with van der Waals surface area (Å²) in [5.74, 6) is 0.320. The monoisotopic (exact) mass is 505 g/mol. The number of halogens is 3. The molecule has 0 aliphatic carbocycles. The molecule has 1 amide bonds. The number of benzene rings is 3. The molecule has 2 heterocycles. The summed E-state index contributed by atoms with van der Waals surface area (Å²) >= 11 is 0. The average molecular weight is 506 g/mol. The summed E-state index contributed by atoms with van der Waals surface area (Å²) in [7, 11) is 1.59. The van der Waals surface area contributed by atoms with Crippen molar-refractivity contribution in [2.45, 2.75) is 12.6 Å². The highest BCUT2D eigenvalue weighted by Gasteiger charge is 2.30. The number of rotatable bonds is 6. The van der Waals surface area contributed by atoms with Crippen LogP contribution in [0, 0.1) is 0 Å². The van der Waals surface area contributed by atoms with Gasteiger partial charge in [-0.15, -0.1) is 0 Å².